The molecule has 0 saturated heterocycles. The van der Waals surface area contributed by atoms with Crippen LogP contribution in [0.2, 0.25) is 0 Å². The molecular formula is C12H25N. The molecule has 1 N–H and O–H groups in total. The van der Waals surface area contributed by atoms with Gasteiger partial charge in [0.2, 0.25) is 0 Å². The second-order valence-electron chi connectivity index (χ2n) is 4.73. The van der Waals surface area contributed by atoms with Gasteiger partial charge < -0.3 is 5.32 Å². The van der Waals surface area contributed by atoms with Crippen molar-refractivity contribution in [2.24, 2.45) is 5.92 Å². The van der Waals surface area contributed by atoms with Crippen molar-refractivity contribution in [1.82, 2.24) is 5.32 Å². The predicted octanol–water partition coefficient (Wildman–Crippen LogP) is 3.34. The van der Waals surface area contributed by atoms with Gasteiger partial charge in [0.15, 0.2) is 0 Å². The summed E-state index contributed by atoms with van der Waals surface area (Å²) in [4.78, 5) is 0. The summed E-state index contributed by atoms with van der Waals surface area (Å²) in [6.07, 6.45) is 8.59. The summed E-state index contributed by atoms with van der Waals surface area (Å²) in [7, 11) is 0. The third-order valence-electron chi connectivity index (χ3n) is 3.21. The lowest BCUT2D eigenvalue weighted by molar-refractivity contribution is 0.252. The molecule has 0 aromatic heterocycles. The molecule has 0 bridgehead atoms. The molecule has 0 amide bonds. The highest BCUT2D eigenvalue weighted by Crippen LogP contribution is 2.27. The minimum Gasteiger partial charge on any atom is -0.312 e. The monoisotopic (exact) mass is 183 g/mol. The SMILES string of the molecule is CCC(NC(C)C)C1CCCCC1. The Bertz CT molecular complexity index is 125. The Morgan fingerprint density at radius 3 is 2.23 bits per heavy atom. The summed E-state index contributed by atoms with van der Waals surface area (Å²) < 4.78 is 0. The van der Waals surface area contributed by atoms with E-state index in [1.54, 1.807) is 0 Å². The van der Waals surface area contributed by atoms with Crippen molar-refractivity contribution < 1.29 is 0 Å². The van der Waals surface area contributed by atoms with E-state index in [0.29, 0.717) is 6.04 Å². The van der Waals surface area contributed by atoms with E-state index in [0.717, 1.165) is 12.0 Å². The van der Waals surface area contributed by atoms with Gasteiger partial charge in [0, 0.05) is 12.1 Å². The molecular weight excluding hydrogens is 158 g/mol. The van der Waals surface area contributed by atoms with E-state index in [-0.39, 0.29) is 0 Å². The van der Waals surface area contributed by atoms with Crippen molar-refractivity contribution in [2.45, 2.75) is 71.4 Å². The lowest BCUT2D eigenvalue weighted by atomic mass is 9.82. The van der Waals surface area contributed by atoms with Gasteiger partial charge in [-0.3, -0.25) is 0 Å². The molecule has 78 valence electrons. The van der Waals surface area contributed by atoms with Crippen LogP contribution in [0, 0.1) is 5.92 Å². The van der Waals surface area contributed by atoms with E-state index in [1.807, 2.05) is 0 Å². The van der Waals surface area contributed by atoms with Crippen molar-refractivity contribution in [3.8, 4) is 0 Å². The number of rotatable bonds is 4. The maximum Gasteiger partial charge on any atom is 0.00950 e. The van der Waals surface area contributed by atoms with Crippen molar-refractivity contribution >= 4 is 0 Å². The Balaban J connectivity index is 2.34. The summed E-state index contributed by atoms with van der Waals surface area (Å²) in [5.74, 6) is 0.959. The van der Waals surface area contributed by atoms with Gasteiger partial charge in [-0.05, 0) is 25.2 Å². The largest absolute Gasteiger partial charge is 0.312 e. The minimum absolute atomic E-state index is 0.645. The van der Waals surface area contributed by atoms with Crippen molar-refractivity contribution in [3.05, 3.63) is 0 Å². The van der Waals surface area contributed by atoms with Gasteiger partial charge >= 0.3 is 0 Å². The summed E-state index contributed by atoms with van der Waals surface area (Å²) in [6.45, 7) is 6.83. The van der Waals surface area contributed by atoms with Crippen LogP contribution in [0.4, 0.5) is 0 Å². The van der Waals surface area contributed by atoms with E-state index in [9.17, 15) is 0 Å². The summed E-state index contributed by atoms with van der Waals surface area (Å²) in [5, 5.41) is 3.70. The standard InChI is InChI=1S/C12H25N/c1-4-12(13-10(2)3)11-8-6-5-7-9-11/h10-13H,4-9H2,1-3H3. The first-order chi connectivity index (χ1) is 6.24. The fourth-order valence-corrected chi connectivity index (χ4v) is 2.55. The van der Waals surface area contributed by atoms with E-state index < -0.39 is 0 Å². The molecule has 0 spiro atoms. The van der Waals surface area contributed by atoms with Crippen molar-refractivity contribution in [1.29, 1.82) is 0 Å². The van der Waals surface area contributed by atoms with Crippen LogP contribution in [0.15, 0.2) is 0 Å². The predicted molar refractivity (Wildman–Crippen MR) is 58.9 cm³/mol. The van der Waals surface area contributed by atoms with Crippen LogP contribution in [-0.2, 0) is 0 Å². The van der Waals surface area contributed by atoms with Crippen molar-refractivity contribution in [2.75, 3.05) is 0 Å². The lowest BCUT2D eigenvalue weighted by Gasteiger charge is -2.31. The minimum atomic E-state index is 0.645. The molecule has 0 heterocycles. The van der Waals surface area contributed by atoms with E-state index in [4.69, 9.17) is 0 Å². The van der Waals surface area contributed by atoms with Crippen LogP contribution < -0.4 is 5.32 Å². The number of nitrogens with one attached hydrogen (secondary N) is 1. The lowest BCUT2D eigenvalue weighted by Crippen LogP contribution is -2.40. The average Bonchev–Trinajstić information content (AvgIpc) is 2.15. The highest BCUT2D eigenvalue weighted by atomic mass is 14.9. The summed E-state index contributed by atoms with van der Waals surface area (Å²) in [5.41, 5.74) is 0. The molecule has 0 aromatic rings. The summed E-state index contributed by atoms with van der Waals surface area (Å²) in [6, 6.07) is 1.42. The Labute approximate surface area is 83.3 Å². The maximum atomic E-state index is 3.70. The topological polar surface area (TPSA) is 12.0 Å². The molecule has 13 heavy (non-hydrogen) atoms. The Morgan fingerprint density at radius 1 is 1.15 bits per heavy atom. The second-order valence-corrected chi connectivity index (χ2v) is 4.73. The van der Waals surface area contributed by atoms with Crippen molar-refractivity contribution in [3.63, 3.8) is 0 Å². The third kappa shape index (κ3) is 3.68. The van der Waals surface area contributed by atoms with E-state index in [2.05, 4.69) is 26.1 Å². The van der Waals surface area contributed by atoms with Gasteiger partial charge in [-0.1, -0.05) is 40.0 Å². The molecule has 1 aliphatic carbocycles. The van der Waals surface area contributed by atoms with Crippen LogP contribution in [0.25, 0.3) is 0 Å². The zero-order chi connectivity index (χ0) is 9.68. The smallest absolute Gasteiger partial charge is 0.00950 e. The first kappa shape index (κ1) is 11.0. The van der Waals surface area contributed by atoms with Gasteiger partial charge in [-0.15, -0.1) is 0 Å². The number of hydrogen-bond acceptors (Lipinski definition) is 1. The molecule has 0 aromatic carbocycles. The van der Waals surface area contributed by atoms with Gasteiger partial charge in [-0.25, -0.2) is 0 Å². The molecule has 1 aliphatic rings. The summed E-state index contributed by atoms with van der Waals surface area (Å²) >= 11 is 0. The molecule has 1 unspecified atom stereocenters. The Kier molecular flexibility index (Phi) is 4.79. The first-order valence-electron chi connectivity index (χ1n) is 6.00. The van der Waals surface area contributed by atoms with E-state index >= 15 is 0 Å². The van der Waals surface area contributed by atoms with Crippen LogP contribution >= 0.6 is 0 Å². The normalized spacial score (nSPS) is 22.2. The van der Waals surface area contributed by atoms with Gasteiger partial charge in [0.25, 0.3) is 0 Å². The highest BCUT2D eigenvalue weighted by Gasteiger charge is 2.22. The first-order valence-corrected chi connectivity index (χ1v) is 6.00. The Morgan fingerprint density at radius 2 is 1.77 bits per heavy atom. The zero-order valence-electron chi connectivity index (χ0n) is 9.47. The fourth-order valence-electron chi connectivity index (χ4n) is 2.55. The molecule has 1 fully saturated rings. The van der Waals surface area contributed by atoms with Gasteiger partial charge in [-0.2, -0.15) is 0 Å². The van der Waals surface area contributed by atoms with Gasteiger partial charge in [0.05, 0.1) is 0 Å². The fraction of sp³-hybridized carbons (Fsp3) is 1.00. The average molecular weight is 183 g/mol. The molecule has 1 atom stereocenters. The molecule has 1 heteroatoms. The molecule has 0 radical (unpaired) electrons. The highest BCUT2D eigenvalue weighted by molar-refractivity contribution is 4.79. The van der Waals surface area contributed by atoms with Gasteiger partial charge in [0.1, 0.15) is 0 Å². The third-order valence-corrected chi connectivity index (χ3v) is 3.21. The molecule has 0 aliphatic heterocycles. The number of hydrogen-bond donors (Lipinski definition) is 1. The van der Waals surface area contributed by atoms with E-state index in [1.165, 1.54) is 38.5 Å². The zero-order valence-corrected chi connectivity index (χ0v) is 9.47. The Hall–Kier alpha value is -0.0400. The quantitative estimate of drug-likeness (QED) is 0.705. The van der Waals surface area contributed by atoms with Crippen LogP contribution in [-0.4, -0.2) is 12.1 Å². The molecule has 1 saturated carbocycles. The molecule has 1 rings (SSSR count). The maximum absolute atomic E-state index is 3.70. The molecule has 1 nitrogen and oxygen atoms in total. The van der Waals surface area contributed by atoms with Crippen LogP contribution in [0.5, 0.6) is 0 Å². The second kappa shape index (κ2) is 5.64. The van der Waals surface area contributed by atoms with Crippen LogP contribution in [0.3, 0.4) is 0 Å². The van der Waals surface area contributed by atoms with Crippen LogP contribution in [0.1, 0.15) is 59.3 Å².